The lowest BCUT2D eigenvalue weighted by atomic mass is 9.81. The van der Waals surface area contributed by atoms with Crippen molar-refractivity contribution in [3.63, 3.8) is 0 Å². The predicted octanol–water partition coefficient (Wildman–Crippen LogP) is 13.0. The Hall–Kier alpha value is -10.1. The molecule has 0 saturated heterocycles. The Labute approximate surface area is 607 Å². The number of hydrogen-bond donors (Lipinski definition) is 5. The number of esters is 3. The molecule has 0 unspecified atom stereocenters. The fourth-order valence-corrected chi connectivity index (χ4v) is 9.52. The summed E-state index contributed by atoms with van der Waals surface area (Å²) in [4.78, 5) is 65.4. The average Bonchev–Trinajstić information content (AvgIpc) is 0.979. The van der Waals surface area contributed by atoms with Gasteiger partial charge in [-0.3, -0.25) is 20.0 Å². The number of carbonyl (C=O) groups excluding carboxylic acids is 4. The number of H-pyrrole nitrogens is 2. The molecule has 0 atom stereocenters. The molecule has 524 valence electrons. The second kappa shape index (κ2) is 44.0. The zero-order valence-electron chi connectivity index (χ0n) is 57.2. The minimum atomic E-state index is -1.34. The second-order valence-corrected chi connectivity index (χ2v) is 21.5. The zero-order chi connectivity index (χ0) is 71.3. The first kappa shape index (κ1) is 80.6. The van der Waals surface area contributed by atoms with Crippen molar-refractivity contribution in [3.05, 3.63) is 233 Å². The van der Waals surface area contributed by atoms with Gasteiger partial charge in [0.15, 0.2) is 17.1 Å². The summed E-state index contributed by atoms with van der Waals surface area (Å²) in [6.45, 7) is 17.3. The van der Waals surface area contributed by atoms with Crippen LogP contribution in [0.2, 0.25) is 0 Å². The van der Waals surface area contributed by atoms with Crippen molar-refractivity contribution in [2.75, 3.05) is 60.3 Å². The van der Waals surface area contributed by atoms with Crippen LogP contribution in [0.4, 0.5) is 0 Å². The maximum absolute atomic E-state index is 13.0. The van der Waals surface area contributed by atoms with Gasteiger partial charge < -0.3 is 53.4 Å². The summed E-state index contributed by atoms with van der Waals surface area (Å²) in [5, 5.41) is 36.5. The third kappa shape index (κ3) is 25.0. The maximum atomic E-state index is 13.0. The van der Waals surface area contributed by atoms with Gasteiger partial charge in [0.1, 0.15) is 28.7 Å². The van der Waals surface area contributed by atoms with Crippen LogP contribution in [0, 0.1) is 0 Å². The quantitative estimate of drug-likeness (QED) is 0.0182. The van der Waals surface area contributed by atoms with E-state index in [-0.39, 0.29) is 47.0 Å². The lowest BCUT2D eigenvalue weighted by Gasteiger charge is -2.18. The van der Waals surface area contributed by atoms with Gasteiger partial charge in [-0.05, 0) is 105 Å². The summed E-state index contributed by atoms with van der Waals surface area (Å²) in [6.07, 6.45) is 10.0. The number of aromatic amines is 2. The molecule has 0 radical (unpaired) electrons. The summed E-state index contributed by atoms with van der Waals surface area (Å²) in [7, 11) is 2.37. The van der Waals surface area contributed by atoms with Crippen LogP contribution < -0.4 is 29.7 Å². The molecule has 5 aromatic carbocycles. The lowest BCUT2D eigenvalue weighted by Crippen LogP contribution is -2.29. The largest absolute Gasteiger partial charge is 0.494 e. The van der Waals surface area contributed by atoms with Crippen molar-refractivity contribution < 1.29 is 62.4 Å². The van der Waals surface area contributed by atoms with E-state index in [9.17, 15) is 19.2 Å². The Morgan fingerprint density at radius 3 is 1.39 bits per heavy atom. The van der Waals surface area contributed by atoms with Crippen molar-refractivity contribution in [1.82, 2.24) is 50.5 Å². The van der Waals surface area contributed by atoms with E-state index in [4.69, 9.17) is 43.2 Å². The van der Waals surface area contributed by atoms with Crippen LogP contribution in [0.1, 0.15) is 102 Å². The van der Waals surface area contributed by atoms with E-state index in [1.807, 2.05) is 132 Å². The van der Waals surface area contributed by atoms with Gasteiger partial charge in [0.2, 0.25) is 0 Å². The number of nitrogens with zero attached hydrogens (tertiary/aromatic N) is 7. The van der Waals surface area contributed by atoms with Gasteiger partial charge in [-0.25, -0.2) is 29.3 Å². The normalized spacial score (nSPS) is 10.1. The maximum Gasteiger partial charge on any atom is 0.488 e. The molecule has 0 bridgehead atoms. The van der Waals surface area contributed by atoms with Gasteiger partial charge in [0.05, 0.1) is 74.1 Å². The molecule has 5 N–H and O–H groups in total. The summed E-state index contributed by atoms with van der Waals surface area (Å²) >= 11 is 3.28. The molecular formula is C74H83BBrIN10O13. The predicted molar refractivity (Wildman–Crippen MR) is 400 cm³/mol. The smallest absolute Gasteiger partial charge is 0.488 e. The number of halogens is 2. The van der Waals surface area contributed by atoms with Crippen LogP contribution in [0.3, 0.4) is 0 Å². The van der Waals surface area contributed by atoms with Crippen LogP contribution in [0.25, 0.3) is 44.1 Å². The first-order valence-corrected chi connectivity index (χ1v) is 32.8. The molecule has 0 aliphatic rings. The molecule has 0 fully saturated rings. The number of nitrogens with one attached hydrogen (secondary N) is 3. The third-order valence-electron chi connectivity index (χ3n) is 13.7. The number of carbonyl (C=O) groups is 4. The molecule has 1 amide bonds. The Balaban J connectivity index is 0.000000225. The van der Waals surface area contributed by atoms with E-state index in [2.05, 4.69) is 73.7 Å². The number of para-hydroxylation sites is 2. The summed E-state index contributed by atoms with van der Waals surface area (Å²) in [5.74, 6) is 1.05. The Morgan fingerprint density at radius 2 is 0.920 bits per heavy atom. The number of hydrogen-bond acceptors (Lipinski definition) is 20. The number of amides is 1. The number of ether oxygens (including phenoxy) is 7. The van der Waals surface area contributed by atoms with Gasteiger partial charge in [-0.1, -0.05) is 127 Å². The number of benzene rings is 5. The summed E-state index contributed by atoms with van der Waals surface area (Å²) < 4.78 is 37.3. The molecule has 6 heterocycles. The van der Waals surface area contributed by atoms with Gasteiger partial charge in [-0.15, -0.1) is 24.0 Å². The van der Waals surface area contributed by atoms with Crippen LogP contribution >= 0.6 is 39.9 Å². The molecule has 0 aliphatic heterocycles. The SMILES string of the molecule is CCOC(=O)c1cc(OCC)c(-c2ccccc2)cn1.CCOC(=O)c1cc(OCC)c(Br)cn1.CCOC(=O)c1cc(OCC)ccn1.CCOc1cc(C(=O)N(C)Cc2cccc3cn[nH]c23)ncc1-c1ccccc1.CNCc1cccc2cn[nH]c12.I.OB(O)c1ccccc1. The number of pyridine rings is 4. The number of aromatic nitrogens is 8. The van der Waals surface area contributed by atoms with E-state index in [1.165, 1.54) is 23.3 Å². The van der Waals surface area contributed by atoms with E-state index >= 15 is 0 Å². The minimum Gasteiger partial charge on any atom is -0.494 e. The summed E-state index contributed by atoms with van der Waals surface area (Å²) in [5.41, 5.74) is 9.73. The summed E-state index contributed by atoms with van der Waals surface area (Å²) in [6, 6.07) is 48.7. The van der Waals surface area contributed by atoms with E-state index < -0.39 is 25.0 Å². The Kier molecular flexibility index (Phi) is 35.5. The van der Waals surface area contributed by atoms with Crippen LogP contribution in [0.5, 0.6) is 23.0 Å². The van der Waals surface area contributed by atoms with E-state index in [0.717, 1.165) is 55.3 Å². The molecule has 6 aromatic heterocycles. The van der Waals surface area contributed by atoms with Gasteiger partial charge in [0.25, 0.3) is 5.91 Å². The minimum absolute atomic E-state index is 0. The molecule has 0 aliphatic carbocycles. The van der Waals surface area contributed by atoms with Gasteiger partial charge >= 0.3 is 25.0 Å². The number of rotatable bonds is 22. The van der Waals surface area contributed by atoms with Gasteiger partial charge in [-0.2, -0.15) is 10.2 Å². The first-order chi connectivity index (χ1) is 48.1. The molecular weight excluding hydrogens is 1450 g/mol. The van der Waals surface area contributed by atoms with Crippen molar-refractivity contribution in [3.8, 4) is 45.3 Å². The molecule has 100 heavy (non-hydrogen) atoms. The Morgan fingerprint density at radius 1 is 0.490 bits per heavy atom. The fourth-order valence-electron chi connectivity index (χ4n) is 9.19. The van der Waals surface area contributed by atoms with Crippen molar-refractivity contribution >= 4 is 98.1 Å². The zero-order valence-corrected chi connectivity index (χ0v) is 61.1. The van der Waals surface area contributed by atoms with E-state index in [0.29, 0.717) is 86.9 Å². The molecule has 11 aromatic rings. The standard InChI is InChI=1S/C23H22N4O2.C16H17NO3.C10H12BrNO3.C10H13NO3.C9H11N3.C6H7BO2.HI/c1-3-29-21-12-20(24-14-19(21)16-8-5-4-6-9-16)23(28)27(2)15-18-11-7-10-17-13-25-26-22(17)18;1-3-19-15-10-14(16(18)20-4-2)17-11-13(15)12-8-6-5-7-9-12;1-3-14-9-5-8(10(13)15-4-2)12-6-7(9)11;1-3-13-8-5-6-11-9(7-8)10(12)14-4-2;1-10-5-7-3-2-4-8-6-11-12-9(7)8;8-7(9)6-4-2-1-3-5-6;/h4-14H,3,15H2,1-2H3,(H,25,26);5-11H,3-4H2,1-2H3;5-6H,3-4H2,1-2H3;5-7H,3-4H2,1-2H3;2-4,6,10H,5H2,1H3,(H,11,12);1-5,8-9H;1H. The van der Waals surface area contributed by atoms with Gasteiger partial charge in [0, 0.05) is 91.1 Å². The third-order valence-corrected chi connectivity index (χ3v) is 14.3. The molecule has 23 nitrogen and oxygen atoms in total. The van der Waals surface area contributed by atoms with E-state index in [1.54, 1.807) is 106 Å². The highest BCUT2D eigenvalue weighted by Crippen LogP contribution is 2.32. The first-order valence-electron chi connectivity index (χ1n) is 32.0. The van der Waals surface area contributed by atoms with Crippen LogP contribution in [-0.4, -0.2) is 147 Å². The molecule has 11 rings (SSSR count). The number of fused-ring (bicyclic) bond motifs is 2. The fraction of sp³-hybridized carbons (Fsp3) is 0.243. The van der Waals surface area contributed by atoms with Crippen LogP contribution in [0.15, 0.2) is 199 Å². The van der Waals surface area contributed by atoms with Crippen LogP contribution in [-0.2, 0) is 27.3 Å². The molecule has 0 saturated carbocycles. The lowest BCUT2D eigenvalue weighted by molar-refractivity contribution is 0.0509. The topological polar surface area (TPSA) is 298 Å². The van der Waals surface area contributed by atoms with Crippen molar-refractivity contribution in [2.45, 2.75) is 61.6 Å². The highest BCUT2D eigenvalue weighted by molar-refractivity contribution is 14.0. The molecule has 0 spiro atoms. The second-order valence-electron chi connectivity index (χ2n) is 20.6. The highest BCUT2D eigenvalue weighted by Gasteiger charge is 2.20. The van der Waals surface area contributed by atoms with Crippen molar-refractivity contribution in [1.29, 1.82) is 0 Å². The Bertz CT molecular complexity index is 4270. The molecule has 26 heteroatoms. The highest BCUT2D eigenvalue weighted by atomic mass is 127. The average molecular weight is 1540 g/mol. The monoisotopic (exact) mass is 1540 g/mol. The van der Waals surface area contributed by atoms with Crippen molar-refractivity contribution in [2.24, 2.45) is 0 Å².